The van der Waals surface area contributed by atoms with E-state index >= 15 is 0 Å². The highest BCUT2D eigenvalue weighted by atomic mass is 19.1. The Bertz CT molecular complexity index is 479. The van der Waals surface area contributed by atoms with Crippen molar-refractivity contribution in [2.45, 2.75) is 57.3 Å². The summed E-state index contributed by atoms with van der Waals surface area (Å²) in [6, 6.07) is 8.03. The van der Waals surface area contributed by atoms with Gasteiger partial charge in [0.15, 0.2) is 0 Å². The van der Waals surface area contributed by atoms with E-state index in [1.54, 1.807) is 0 Å². The molecule has 0 unspecified atom stereocenters. The van der Waals surface area contributed by atoms with E-state index in [9.17, 15) is 4.39 Å². The summed E-state index contributed by atoms with van der Waals surface area (Å²) in [6.07, 6.45) is 13.0. The minimum Gasteiger partial charge on any atom is -0.463 e. The predicted molar refractivity (Wildman–Crippen MR) is 93.4 cm³/mol. The molecular weight excluding hydrogens is 287 g/mol. The van der Waals surface area contributed by atoms with E-state index in [1.807, 2.05) is 12.1 Å². The third-order valence-electron chi connectivity index (χ3n) is 6.16. The molecule has 2 aliphatic carbocycles. The van der Waals surface area contributed by atoms with Crippen LogP contribution in [-0.2, 0) is 0 Å². The Morgan fingerprint density at radius 2 is 1.48 bits per heavy atom. The minimum absolute atomic E-state index is 0.629. The highest BCUT2D eigenvalue weighted by molar-refractivity contribution is 5.29. The normalized spacial score (nSPS) is 31.5. The first kappa shape index (κ1) is 16.5. The molecule has 0 heterocycles. The summed E-state index contributed by atoms with van der Waals surface area (Å²) >= 11 is 0. The van der Waals surface area contributed by atoms with E-state index in [2.05, 4.69) is 24.8 Å². The van der Waals surface area contributed by atoms with Crippen molar-refractivity contribution >= 4 is 0 Å². The molecule has 23 heavy (non-hydrogen) atoms. The first-order valence-corrected chi connectivity index (χ1v) is 9.21. The second kappa shape index (κ2) is 7.99. The second-order valence-corrected chi connectivity index (χ2v) is 7.34. The van der Waals surface area contributed by atoms with Crippen molar-refractivity contribution < 1.29 is 9.13 Å². The van der Waals surface area contributed by atoms with Gasteiger partial charge in [-0.15, -0.1) is 6.58 Å². The lowest BCUT2D eigenvalue weighted by Gasteiger charge is -2.37. The number of rotatable bonds is 5. The number of halogens is 1. The maximum atomic E-state index is 12.2. The van der Waals surface area contributed by atoms with Gasteiger partial charge < -0.3 is 4.74 Å². The van der Waals surface area contributed by atoms with Crippen molar-refractivity contribution in [2.75, 3.05) is 6.86 Å². The Morgan fingerprint density at radius 1 is 0.913 bits per heavy atom. The maximum absolute atomic E-state index is 12.2. The molecule has 0 radical (unpaired) electrons. The van der Waals surface area contributed by atoms with Crippen LogP contribution in [0.15, 0.2) is 36.9 Å². The van der Waals surface area contributed by atoms with Crippen molar-refractivity contribution in [1.82, 2.24) is 0 Å². The van der Waals surface area contributed by atoms with Crippen LogP contribution < -0.4 is 4.74 Å². The average Bonchev–Trinajstić information content (AvgIpc) is 2.63. The Morgan fingerprint density at radius 3 is 2.00 bits per heavy atom. The fourth-order valence-electron chi connectivity index (χ4n) is 4.68. The molecule has 0 N–H and O–H groups in total. The molecule has 2 saturated carbocycles. The fraction of sp³-hybridized carbons (Fsp3) is 0.619. The summed E-state index contributed by atoms with van der Waals surface area (Å²) in [5.41, 5.74) is 1.39. The first-order chi connectivity index (χ1) is 11.3. The number of alkyl halides is 1. The SMILES string of the molecule is C=CC1CCC(C2CCC(c3ccc(OCF)cc3)CC2)CC1. The van der Waals surface area contributed by atoms with Crippen LogP contribution in [0.5, 0.6) is 5.75 Å². The Hall–Kier alpha value is -1.31. The van der Waals surface area contributed by atoms with Gasteiger partial charge in [0.2, 0.25) is 6.86 Å². The first-order valence-electron chi connectivity index (χ1n) is 9.21. The van der Waals surface area contributed by atoms with E-state index in [4.69, 9.17) is 4.74 Å². The van der Waals surface area contributed by atoms with Crippen LogP contribution in [0.25, 0.3) is 0 Å². The van der Waals surface area contributed by atoms with Crippen molar-refractivity contribution in [3.63, 3.8) is 0 Å². The summed E-state index contributed by atoms with van der Waals surface area (Å²) < 4.78 is 17.1. The van der Waals surface area contributed by atoms with Crippen LogP contribution in [-0.4, -0.2) is 6.86 Å². The minimum atomic E-state index is -0.751. The van der Waals surface area contributed by atoms with E-state index in [1.165, 1.54) is 56.9 Å². The van der Waals surface area contributed by atoms with Gasteiger partial charge in [0, 0.05) is 0 Å². The highest BCUT2D eigenvalue weighted by Crippen LogP contribution is 2.44. The summed E-state index contributed by atoms with van der Waals surface area (Å²) in [5, 5.41) is 0. The molecule has 0 amide bonds. The largest absolute Gasteiger partial charge is 0.463 e. The molecule has 0 aromatic heterocycles. The van der Waals surface area contributed by atoms with E-state index in [-0.39, 0.29) is 0 Å². The molecule has 1 nitrogen and oxygen atoms in total. The van der Waals surface area contributed by atoms with Gasteiger partial charge in [-0.1, -0.05) is 18.2 Å². The molecule has 2 heteroatoms. The Labute approximate surface area is 139 Å². The van der Waals surface area contributed by atoms with Gasteiger partial charge in [-0.3, -0.25) is 0 Å². The molecule has 126 valence electrons. The molecule has 1 aromatic rings. The zero-order valence-corrected chi connectivity index (χ0v) is 14.1. The monoisotopic (exact) mass is 316 g/mol. The topological polar surface area (TPSA) is 9.23 Å². The van der Waals surface area contributed by atoms with Crippen LogP contribution in [0.4, 0.5) is 4.39 Å². The molecule has 0 spiro atoms. The van der Waals surface area contributed by atoms with Gasteiger partial charge in [-0.2, -0.15) is 0 Å². The molecule has 2 aliphatic rings. The maximum Gasteiger partial charge on any atom is 0.228 e. The van der Waals surface area contributed by atoms with Crippen molar-refractivity contribution in [1.29, 1.82) is 0 Å². The number of ether oxygens (including phenoxy) is 1. The van der Waals surface area contributed by atoms with E-state index < -0.39 is 6.86 Å². The molecule has 0 bridgehead atoms. The Balaban J connectivity index is 1.49. The average molecular weight is 316 g/mol. The Kier molecular flexibility index (Phi) is 5.75. The number of allylic oxidation sites excluding steroid dienone is 1. The van der Waals surface area contributed by atoms with Crippen LogP contribution >= 0.6 is 0 Å². The summed E-state index contributed by atoms with van der Waals surface area (Å²) in [5.74, 6) is 3.96. The molecule has 2 fully saturated rings. The van der Waals surface area contributed by atoms with Gasteiger partial charge in [0.05, 0.1) is 0 Å². The number of hydrogen-bond donors (Lipinski definition) is 0. The van der Waals surface area contributed by atoms with Gasteiger partial charge in [0.25, 0.3) is 0 Å². The lowest BCUT2D eigenvalue weighted by molar-refractivity contribution is 0.171. The number of hydrogen-bond acceptors (Lipinski definition) is 1. The summed E-state index contributed by atoms with van der Waals surface area (Å²) in [4.78, 5) is 0. The van der Waals surface area contributed by atoms with E-state index in [0.29, 0.717) is 11.7 Å². The van der Waals surface area contributed by atoms with Crippen molar-refractivity contribution in [3.8, 4) is 5.75 Å². The van der Waals surface area contributed by atoms with Crippen LogP contribution in [0, 0.1) is 17.8 Å². The van der Waals surface area contributed by atoms with E-state index in [0.717, 1.165) is 17.8 Å². The van der Waals surface area contributed by atoms with Crippen LogP contribution in [0.1, 0.15) is 62.8 Å². The lowest BCUT2D eigenvalue weighted by Crippen LogP contribution is -2.25. The van der Waals surface area contributed by atoms with Crippen molar-refractivity contribution in [2.24, 2.45) is 17.8 Å². The zero-order valence-electron chi connectivity index (χ0n) is 14.1. The number of benzene rings is 1. The lowest BCUT2D eigenvalue weighted by atomic mass is 9.68. The highest BCUT2D eigenvalue weighted by Gasteiger charge is 2.30. The smallest absolute Gasteiger partial charge is 0.228 e. The third-order valence-corrected chi connectivity index (χ3v) is 6.16. The summed E-state index contributed by atoms with van der Waals surface area (Å²) in [7, 11) is 0. The molecule has 0 saturated heterocycles. The molecule has 0 atom stereocenters. The zero-order chi connectivity index (χ0) is 16.1. The van der Waals surface area contributed by atoms with Gasteiger partial charge >= 0.3 is 0 Å². The van der Waals surface area contributed by atoms with Gasteiger partial charge in [0.1, 0.15) is 5.75 Å². The molecule has 3 rings (SSSR count). The molecule has 0 aliphatic heterocycles. The fourth-order valence-corrected chi connectivity index (χ4v) is 4.68. The van der Waals surface area contributed by atoms with Gasteiger partial charge in [-0.25, -0.2) is 4.39 Å². The second-order valence-electron chi connectivity index (χ2n) is 7.34. The van der Waals surface area contributed by atoms with Crippen molar-refractivity contribution in [3.05, 3.63) is 42.5 Å². The standard InChI is InChI=1S/C21H29FO/c1-2-16-3-5-17(6-4-16)18-7-9-19(10-8-18)20-11-13-21(14-12-20)23-15-22/h2,11-14,16-19H,1,3-10,15H2. The third kappa shape index (κ3) is 4.16. The van der Waals surface area contributed by atoms with Crippen LogP contribution in [0.2, 0.25) is 0 Å². The molecular formula is C21H29FO. The summed E-state index contributed by atoms with van der Waals surface area (Å²) in [6.45, 7) is 3.20. The quantitative estimate of drug-likeness (QED) is 0.583. The molecule has 1 aromatic carbocycles. The van der Waals surface area contributed by atoms with Crippen LogP contribution in [0.3, 0.4) is 0 Å². The predicted octanol–water partition coefficient (Wildman–Crippen LogP) is 6.26. The van der Waals surface area contributed by atoms with Gasteiger partial charge in [-0.05, 0) is 92.7 Å².